The van der Waals surface area contributed by atoms with Crippen LogP contribution < -0.4 is 10.9 Å². The van der Waals surface area contributed by atoms with Crippen molar-refractivity contribution < 1.29 is 37.4 Å². The van der Waals surface area contributed by atoms with Crippen molar-refractivity contribution in [1.29, 1.82) is 0 Å². The normalized spacial score (nSPS) is 12.6. The Morgan fingerprint density at radius 3 is 2.37 bits per heavy atom. The number of nitrogens with zero attached hydrogens (tertiary/aromatic N) is 4. The van der Waals surface area contributed by atoms with E-state index >= 15 is 4.39 Å². The second-order valence-corrected chi connectivity index (χ2v) is 14.1. The second-order valence-electron chi connectivity index (χ2n) is 14.1. The lowest BCUT2D eigenvalue weighted by Crippen LogP contribution is -2.42. The number of ether oxygens (including phenoxy) is 2. The number of benzene rings is 1. The number of allylic oxidation sites excluding steroid dienone is 1. The van der Waals surface area contributed by atoms with Gasteiger partial charge in [-0.3, -0.25) is 14.4 Å². The molecular weight excluding hydrogens is 640 g/mol. The predicted octanol–water partition coefficient (Wildman–Crippen LogP) is 5.16. The van der Waals surface area contributed by atoms with Crippen LogP contribution in [0.15, 0.2) is 41.3 Å². The summed E-state index contributed by atoms with van der Waals surface area (Å²) >= 11 is 0. The molecular formula is C35H45F2N5O7. The standard InChI is InChI=1S/C35H45F2N5O7/c1-34(2,3)19-22-29(37)23(36)18-25-30(22)39-27(42(25)33(47)49-35(4,5)6)20-41-16-12-13-21(31(41)45)17-26(43)24(38-32(46)48-9)14-10-11-15-28(44)40(7)8/h11-13,15-16,18,24H,10,14,17,19-20H2,1-9H3,(H,38,46)/b15-11+/t24-/m0/s1. The summed E-state index contributed by atoms with van der Waals surface area (Å²) in [5.41, 5.74) is -1.86. The summed E-state index contributed by atoms with van der Waals surface area (Å²) in [6, 6.07) is 2.86. The van der Waals surface area contributed by atoms with Gasteiger partial charge in [-0.05, 0) is 57.6 Å². The van der Waals surface area contributed by atoms with Crippen molar-refractivity contribution in [3.05, 3.63) is 75.5 Å². The third-order valence-electron chi connectivity index (χ3n) is 7.25. The fourth-order valence-corrected chi connectivity index (χ4v) is 5.00. The van der Waals surface area contributed by atoms with Gasteiger partial charge in [0.25, 0.3) is 5.56 Å². The van der Waals surface area contributed by atoms with Gasteiger partial charge in [-0.2, -0.15) is 0 Å². The number of likely N-dealkylation sites (N-methyl/N-ethyl adjacent to an activating group) is 1. The first-order valence-electron chi connectivity index (χ1n) is 15.8. The highest BCUT2D eigenvalue weighted by Gasteiger charge is 2.29. The van der Waals surface area contributed by atoms with Gasteiger partial charge in [0.15, 0.2) is 17.4 Å². The van der Waals surface area contributed by atoms with Gasteiger partial charge in [-0.25, -0.2) is 27.9 Å². The smallest absolute Gasteiger partial charge is 0.420 e. The number of fused-ring (bicyclic) bond motifs is 1. The minimum Gasteiger partial charge on any atom is -0.453 e. The van der Waals surface area contributed by atoms with Gasteiger partial charge >= 0.3 is 12.2 Å². The zero-order chi connectivity index (χ0) is 36.8. The molecule has 1 atom stereocenters. The summed E-state index contributed by atoms with van der Waals surface area (Å²) in [4.78, 5) is 70.3. The van der Waals surface area contributed by atoms with Crippen LogP contribution in [0.25, 0.3) is 11.0 Å². The van der Waals surface area contributed by atoms with Crippen molar-refractivity contribution in [2.75, 3.05) is 21.2 Å². The Bertz CT molecular complexity index is 1810. The average Bonchev–Trinajstić information content (AvgIpc) is 3.34. The molecule has 2 heterocycles. The van der Waals surface area contributed by atoms with Crippen LogP contribution in [-0.4, -0.2) is 75.7 Å². The number of alkyl carbamates (subject to hydrolysis) is 1. The molecule has 14 heteroatoms. The van der Waals surface area contributed by atoms with Gasteiger partial charge in [-0.15, -0.1) is 0 Å². The Balaban J connectivity index is 2.03. The molecule has 0 fully saturated rings. The summed E-state index contributed by atoms with van der Waals surface area (Å²) in [5, 5.41) is 2.48. The molecule has 266 valence electrons. The van der Waals surface area contributed by atoms with Crippen LogP contribution >= 0.6 is 0 Å². The Morgan fingerprint density at radius 2 is 1.78 bits per heavy atom. The lowest BCUT2D eigenvalue weighted by atomic mass is 9.87. The first kappa shape index (κ1) is 38.6. The number of Topliss-reactive ketones (excluding diaryl/α,β-unsaturated/α-hetero) is 1. The summed E-state index contributed by atoms with van der Waals surface area (Å²) in [5.74, 6) is -2.97. The van der Waals surface area contributed by atoms with Crippen LogP contribution in [-0.2, 0) is 38.4 Å². The van der Waals surface area contributed by atoms with Gasteiger partial charge in [0, 0.05) is 43.9 Å². The topological polar surface area (TPSA) is 142 Å². The molecule has 1 aromatic carbocycles. The molecule has 3 rings (SSSR count). The molecule has 2 aromatic heterocycles. The molecule has 3 aromatic rings. The summed E-state index contributed by atoms with van der Waals surface area (Å²) in [6.07, 6.45) is 2.80. The first-order chi connectivity index (χ1) is 22.7. The predicted molar refractivity (Wildman–Crippen MR) is 179 cm³/mol. The van der Waals surface area contributed by atoms with Crippen LogP contribution in [0.5, 0.6) is 0 Å². The third-order valence-corrected chi connectivity index (χ3v) is 7.25. The van der Waals surface area contributed by atoms with Crippen LogP contribution in [0, 0.1) is 17.0 Å². The number of aromatic nitrogens is 3. The molecule has 12 nitrogen and oxygen atoms in total. The molecule has 0 aliphatic carbocycles. The second kappa shape index (κ2) is 15.6. The Kier molecular flexibility index (Phi) is 12.2. The average molecular weight is 686 g/mol. The van der Waals surface area contributed by atoms with E-state index in [0.717, 1.165) is 17.7 Å². The number of hydrogen-bond donors (Lipinski definition) is 1. The quantitative estimate of drug-likeness (QED) is 0.273. The number of ketones is 1. The number of carbonyl (C=O) groups excluding carboxylic acids is 4. The summed E-state index contributed by atoms with van der Waals surface area (Å²) in [6.45, 7) is 10.2. The molecule has 0 bridgehead atoms. The van der Waals surface area contributed by atoms with Crippen LogP contribution in [0.4, 0.5) is 18.4 Å². The van der Waals surface area contributed by atoms with E-state index in [9.17, 15) is 28.4 Å². The summed E-state index contributed by atoms with van der Waals surface area (Å²) < 4.78 is 42.7. The number of pyridine rings is 1. The van der Waals surface area contributed by atoms with Gasteiger partial charge < -0.3 is 24.3 Å². The van der Waals surface area contributed by atoms with E-state index in [1.54, 1.807) is 40.9 Å². The van der Waals surface area contributed by atoms with E-state index in [1.807, 2.05) is 20.8 Å². The minimum absolute atomic E-state index is 0.0113. The first-order valence-corrected chi connectivity index (χ1v) is 15.8. The molecule has 2 amide bonds. The highest BCUT2D eigenvalue weighted by atomic mass is 19.2. The number of methoxy groups -OCH3 is 1. The van der Waals surface area contributed by atoms with Crippen LogP contribution in [0.3, 0.4) is 0 Å². The molecule has 0 spiro atoms. The highest BCUT2D eigenvalue weighted by molar-refractivity contribution is 5.90. The monoisotopic (exact) mass is 685 g/mol. The minimum atomic E-state index is -1.16. The molecule has 0 aliphatic heterocycles. The lowest BCUT2D eigenvalue weighted by Gasteiger charge is -2.21. The number of amides is 2. The van der Waals surface area contributed by atoms with E-state index < -0.39 is 52.2 Å². The largest absolute Gasteiger partial charge is 0.453 e. The molecule has 0 saturated heterocycles. The maximum Gasteiger partial charge on any atom is 0.420 e. The van der Waals surface area contributed by atoms with Crippen molar-refractivity contribution in [3.63, 3.8) is 0 Å². The van der Waals surface area contributed by atoms with Crippen molar-refractivity contribution >= 4 is 34.9 Å². The number of halogens is 2. The van der Waals surface area contributed by atoms with Gasteiger partial charge in [0.2, 0.25) is 5.91 Å². The molecule has 0 unspecified atom stereocenters. The summed E-state index contributed by atoms with van der Waals surface area (Å²) in [7, 11) is 4.35. The Hall–Kier alpha value is -4.88. The maximum absolute atomic E-state index is 15.2. The van der Waals surface area contributed by atoms with E-state index in [-0.39, 0.29) is 66.1 Å². The number of rotatable bonds is 11. The zero-order valence-corrected chi connectivity index (χ0v) is 29.5. The zero-order valence-electron chi connectivity index (χ0n) is 29.5. The SMILES string of the molecule is COC(=O)N[C@@H](CC/C=C/C(=O)N(C)C)C(=O)Cc1cccn(Cc2nc3c(CC(C)(C)C)c(F)c(F)cc3n2C(=O)OC(C)(C)C)c1=O. The van der Waals surface area contributed by atoms with Crippen molar-refractivity contribution in [3.8, 4) is 0 Å². The van der Waals surface area contributed by atoms with E-state index in [2.05, 4.69) is 15.0 Å². The molecule has 0 aliphatic rings. The number of hydrogen-bond acceptors (Lipinski definition) is 8. The number of carbonyl (C=O) groups is 4. The maximum atomic E-state index is 15.2. The van der Waals surface area contributed by atoms with E-state index in [1.165, 1.54) is 33.9 Å². The van der Waals surface area contributed by atoms with Crippen molar-refractivity contribution in [2.45, 2.75) is 85.4 Å². The van der Waals surface area contributed by atoms with Crippen molar-refractivity contribution in [2.24, 2.45) is 5.41 Å². The molecule has 0 radical (unpaired) electrons. The van der Waals surface area contributed by atoms with E-state index in [4.69, 9.17) is 4.74 Å². The Labute approximate surface area is 284 Å². The van der Waals surface area contributed by atoms with Crippen LogP contribution in [0.2, 0.25) is 0 Å². The van der Waals surface area contributed by atoms with Crippen molar-refractivity contribution in [1.82, 2.24) is 24.3 Å². The molecule has 1 N–H and O–H groups in total. The Morgan fingerprint density at radius 1 is 1.10 bits per heavy atom. The van der Waals surface area contributed by atoms with Gasteiger partial charge in [0.05, 0.1) is 30.7 Å². The number of nitrogens with one attached hydrogen (secondary N) is 1. The molecule has 0 saturated carbocycles. The highest BCUT2D eigenvalue weighted by Crippen LogP contribution is 2.31. The lowest BCUT2D eigenvalue weighted by molar-refractivity contribution is -0.123. The van der Waals surface area contributed by atoms with Gasteiger partial charge in [-0.1, -0.05) is 32.9 Å². The fourth-order valence-electron chi connectivity index (χ4n) is 5.00. The third kappa shape index (κ3) is 10.3. The molecule has 49 heavy (non-hydrogen) atoms. The van der Waals surface area contributed by atoms with E-state index in [0.29, 0.717) is 0 Å². The number of imidazole rings is 1. The van der Waals surface area contributed by atoms with Crippen LogP contribution in [0.1, 0.15) is 71.3 Å². The fraction of sp³-hybridized carbons (Fsp3) is 0.486. The van der Waals surface area contributed by atoms with Gasteiger partial charge in [0.1, 0.15) is 11.4 Å².